The number of carbonyl (C=O) groups is 1. The number of thiazole rings is 1. The van der Waals surface area contributed by atoms with E-state index in [1.807, 2.05) is 0 Å². The predicted molar refractivity (Wildman–Crippen MR) is 122 cm³/mol. The van der Waals surface area contributed by atoms with Gasteiger partial charge in [-0.05, 0) is 42.8 Å². The van der Waals surface area contributed by atoms with Crippen LogP contribution in [0.15, 0.2) is 63.5 Å². The van der Waals surface area contributed by atoms with Crippen molar-refractivity contribution >= 4 is 23.4 Å². The first-order valence-electron chi connectivity index (χ1n) is 9.96. The van der Waals surface area contributed by atoms with Gasteiger partial charge in [0, 0.05) is 11.6 Å². The quantitative estimate of drug-likeness (QED) is 0.538. The Balaban J connectivity index is 1.94. The minimum absolute atomic E-state index is 0.242. The number of halogens is 1. The molecule has 0 amide bonds. The summed E-state index contributed by atoms with van der Waals surface area (Å²) in [6.07, 6.45) is 1.47. The highest BCUT2D eigenvalue weighted by molar-refractivity contribution is 7.07. The molecule has 0 unspecified atom stereocenters. The zero-order chi connectivity index (χ0) is 23.7. The lowest BCUT2D eigenvalue weighted by atomic mass is 9.96. The minimum atomic E-state index is -0.748. The van der Waals surface area contributed by atoms with Crippen molar-refractivity contribution in [2.45, 2.75) is 13.0 Å². The fraction of sp³-hybridized carbons (Fsp3) is 0.208. The number of esters is 1. The lowest BCUT2D eigenvalue weighted by Gasteiger charge is -2.24. The highest BCUT2D eigenvalue weighted by atomic mass is 32.1. The van der Waals surface area contributed by atoms with E-state index in [1.165, 1.54) is 30.9 Å². The van der Waals surface area contributed by atoms with E-state index >= 15 is 0 Å². The van der Waals surface area contributed by atoms with E-state index in [0.29, 0.717) is 27.6 Å². The number of hydrogen-bond donors (Lipinski definition) is 0. The summed E-state index contributed by atoms with van der Waals surface area (Å²) in [5, 5.41) is 0. The van der Waals surface area contributed by atoms with Gasteiger partial charge in [0.25, 0.3) is 5.56 Å². The summed E-state index contributed by atoms with van der Waals surface area (Å²) in [5.74, 6) is -0.0729. The maximum atomic E-state index is 14.5. The molecule has 1 aliphatic heterocycles. The van der Waals surface area contributed by atoms with Crippen molar-refractivity contribution in [2.24, 2.45) is 4.99 Å². The standard InChI is InChI=1S/C24H21FN2O5S/c1-13-20(23(29)32-4)21(14-5-8-16(30-2)9-6-14)27-22(28)19(33-24(27)26-13)11-15-7-10-17(31-3)12-18(15)25/h5-12,21H,1-4H3/b19-11-/t21-/m0/s1. The number of benzene rings is 2. The summed E-state index contributed by atoms with van der Waals surface area (Å²) in [6, 6.07) is 10.7. The van der Waals surface area contributed by atoms with E-state index in [4.69, 9.17) is 14.2 Å². The number of allylic oxidation sites excluding steroid dienone is 1. The molecule has 0 aliphatic carbocycles. The van der Waals surface area contributed by atoms with Crippen LogP contribution in [0.4, 0.5) is 4.39 Å². The average molecular weight is 469 g/mol. The largest absolute Gasteiger partial charge is 0.497 e. The predicted octanol–water partition coefficient (Wildman–Crippen LogP) is 2.56. The van der Waals surface area contributed by atoms with Gasteiger partial charge in [0.1, 0.15) is 17.3 Å². The fourth-order valence-electron chi connectivity index (χ4n) is 3.69. The Hall–Kier alpha value is -3.72. The lowest BCUT2D eigenvalue weighted by Crippen LogP contribution is -2.39. The molecule has 33 heavy (non-hydrogen) atoms. The number of aromatic nitrogens is 1. The maximum absolute atomic E-state index is 14.5. The molecule has 0 spiro atoms. The van der Waals surface area contributed by atoms with Gasteiger partial charge in [0.2, 0.25) is 0 Å². The van der Waals surface area contributed by atoms with E-state index in [9.17, 15) is 14.0 Å². The van der Waals surface area contributed by atoms with Gasteiger partial charge in [-0.3, -0.25) is 9.36 Å². The van der Waals surface area contributed by atoms with Gasteiger partial charge in [-0.15, -0.1) is 0 Å². The SMILES string of the molecule is COC(=O)C1=C(C)N=c2s/c(=C\c3ccc(OC)cc3F)c(=O)n2[C@H]1c1ccc(OC)cc1. The van der Waals surface area contributed by atoms with Crippen LogP contribution in [0, 0.1) is 5.82 Å². The molecule has 0 saturated carbocycles. The van der Waals surface area contributed by atoms with Crippen molar-refractivity contribution in [3.05, 3.63) is 90.4 Å². The van der Waals surface area contributed by atoms with Crippen LogP contribution in [-0.2, 0) is 9.53 Å². The lowest BCUT2D eigenvalue weighted by molar-refractivity contribution is -0.136. The van der Waals surface area contributed by atoms with Gasteiger partial charge in [0.05, 0.1) is 43.2 Å². The van der Waals surface area contributed by atoms with Crippen LogP contribution >= 0.6 is 11.3 Å². The summed E-state index contributed by atoms with van der Waals surface area (Å²) in [7, 11) is 4.29. The number of hydrogen-bond acceptors (Lipinski definition) is 7. The van der Waals surface area contributed by atoms with Crippen LogP contribution in [0.25, 0.3) is 6.08 Å². The first-order valence-corrected chi connectivity index (χ1v) is 10.8. The summed E-state index contributed by atoms with van der Waals surface area (Å²) in [4.78, 5) is 31.0. The third-order valence-electron chi connectivity index (χ3n) is 5.35. The summed E-state index contributed by atoms with van der Waals surface area (Å²) in [5.41, 5.74) is 1.26. The highest BCUT2D eigenvalue weighted by Crippen LogP contribution is 2.31. The van der Waals surface area contributed by atoms with Crippen LogP contribution in [0.2, 0.25) is 0 Å². The molecule has 1 aromatic heterocycles. The smallest absolute Gasteiger partial charge is 0.338 e. The van der Waals surface area contributed by atoms with Gasteiger partial charge in [-0.2, -0.15) is 0 Å². The number of rotatable bonds is 5. The molecule has 2 aromatic carbocycles. The third-order valence-corrected chi connectivity index (χ3v) is 6.34. The molecule has 9 heteroatoms. The average Bonchev–Trinajstić information content (AvgIpc) is 3.13. The van der Waals surface area contributed by atoms with Crippen molar-refractivity contribution < 1.29 is 23.4 Å². The second-order valence-corrected chi connectivity index (χ2v) is 8.24. The highest BCUT2D eigenvalue weighted by Gasteiger charge is 2.33. The Kier molecular flexibility index (Phi) is 6.15. The number of methoxy groups -OCH3 is 3. The molecule has 4 rings (SSSR count). The number of carbonyl (C=O) groups excluding carboxylic acids is 1. The third kappa shape index (κ3) is 4.07. The molecule has 0 radical (unpaired) electrons. The Morgan fingerprint density at radius 3 is 2.36 bits per heavy atom. The van der Waals surface area contributed by atoms with Gasteiger partial charge < -0.3 is 14.2 Å². The molecule has 170 valence electrons. The van der Waals surface area contributed by atoms with Crippen LogP contribution in [0.1, 0.15) is 24.1 Å². The summed E-state index contributed by atoms with van der Waals surface area (Å²) >= 11 is 1.13. The molecule has 0 bridgehead atoms. The van der Waals surface area contributed by atoms with Crippen molar-refractivity contribution in [2.75, 3.05) is 21.3 Å². The van der Waals surface area contributed by atoms with Crippen molar-refractivity contribution in [3.63, 3.8) is 0 Å². The van der Waals surface area contributed by atoms with Gasteiger partial charge >= 0.3 is 5.97 Å². The van der Waals surface area contributed by atoms with Crippen molar-refractivity contribution in [1.82, 2.24) is 4.57 Å². The topological polar surface area (TPSA) is 79.1 Å². The Morgan fingerprint density at radius 2 is 1.76 bits per heavy atom. The Morgan fingerprint density at radius 1 is 1.09 bits per heavy atom. The van der Waals surface area contributed by atoms with Gasteiger partial charge in [-0.25, -0.2) is 14.2 Å². The van der Waals surface area contributed by atoms with E-state index < -0.39 is 17.8 Å². The first-order chi connectivity index (χ1) is 15.9. The van der Waals surface area contributed by atoms with Crippen molar-refractivity contribution in [3.8, 4) is 11.5 Å². The molecular formula is C24H21FN2O5S. The molecule has 1 atom stereocenters. The van der Waals surface area contributed by atoms with Crippen LogP contribution < -0.4 is 24.4 Å². The molecule has 0 fully saturated rings. The monoisotopic (exact) mass is 468 g/mol. The Labute approximate surface area is 192 Å². The minimum Gasteiger partial charge on any atom is -0.497 e. The van der Waals surface area contributed by atoms with Gasteiger partial charge in [0.15, 0.2) is 4.80 Å². The second-order valence-electron chi connectivity index (χ2n) is 7.23. The molecular weight excluding hydrogens is 447 g/mol. The van der Waals surface area contributed by atoms with E-state index in [0.717, 1.165) is 11.3 Å². The number of ether oxygens (including phenoxy) is 3. The van der Waals surface area contributed by atoms with E-state index in [1.54, 1.807) is 50.4 Å². The zero-order valence-electron chi connectivity index (χ0n) is 18.4. The molecule has 2 heterocycles. The Bertz CT molecular complexity index is 1440. The van der Waals surface area contributed by atoms with Gasteiger partial charge in [-0.1, -0.05) is 23.5 Å². The van der Waals surface area contributed by atoms with Crippen LogP contribution in [-0.4, -0.2) is 31.9 Å². The first kappa shape index (κ1) is 22.5. The zero-order valence-corrected chi connectivity index (χ0v) is 19.2. The molecule has 0 N–H and O–H groups in total. The fourth-order valence-corrected chi connectivity index (χ4v) is 4.72. The van der Waals surface area contributed by atoms with Crippen LogP contribution in [0.5, 0.6) is 11.5 Å². The number of nitrogens with zero attached hydrogens (tertiary/aromatic N) is 2. The summed E-state index contributed by atoms with van der Waals surface area (Å²) < 4.78 is 31.5. The number of fused-ring (bicyclic) bond motifs is 1. The van der Waals surface area contributed by atoms with Crippen LogP contribution in [0.3, 0.4) is 0 Å². The summed E-state index contributed by atoms with van der Waals surface area (Å²) in [6.45, 7) is 1.70. The molecule has 1 aliphatic rings. The second kappa shape index (κ2) is 9.03. The maximum Gasteiger partial charge on any atom is 0.338 e. The molecule has 0 saturated heterocycles. The normalized spacial score (nSPS) is 15.7. The molecule has 3 aromatic rings. The van der Waals surface area contributed by atoms with Crippen molar-refractivity contribution in [1.29, 1.82) is 0 Å². The van der Waals surface area contributed by atoms with E-state index in [-0.39, 0.29) is 21.2 Å². The molecule has 7 nitrogen and oxygen atoms in total. The van der Waals surface area contributed by atoms with E-state index in [2.05, 4.69) is 4.99 Å².